The third-order valence-electron chi connectivity index (χ3n) is 3.10. The summed E-state index contributed by atoms with van der Waals surface area (Å²) in [4.78, 5) is 36.4. The average molecular weight is 261 g/mol. The molecular weight excluding hydrogens is 246 g/mol. The minimum atomic E-state index is -0.380. The molecule has 0 saturated carbocycles. The fourth-order valence-electron chi connectivity index (χ4n) is 2.09. The van der Waals surface area contributed by atoms with Crippen LogP contribution in [0.5, 0.6) is 0 Å². The second-order valence-electron chi connectivity index (χ2n) is 4.31. The van der Waals surface area contributed by atoms with Gasteiger partial charge < -0.3 is 11.1 Å². The first-order valence-electron chi connectivity index (χ1n) is 6.01. The Kier molecular flexibility index (Phi) is 3.50. The Morgan fingerprint density at radius 2 is 2.05 bits per heavy atom. The van der Waals surface area contributed by atoms with Crippen molar-refractivity contribution in [2.45, 2.75) is 12.8 Å². The van der Waals surface area contributed by atoms with Crippen LogP contribution in [0.1, 0.15) is 33.6 Å². The van der Waals surface area contributed by atoms with Crippen molar-refractivity contribution in [2.24, 2.45) is 0 Å². The highest BCUT2D eigenvalue weighted by Crippen LogP contribution is 2.27. The molecule has 3 N–H and O–H groups in total. The van der Waals surface area contributed by atoms with Gasteiger partial charge in [0.15, 0.2) is 0 Å². The molecule has 19 heavy (non-hydrogen) atoms. The van der Waals surface area contributed by atoms with E-state index in [0.717, 1.165) is 4.90 Å². The number of imide groups is 1. The molecule has 3 amide bonds. The third kappa shape index (κ3) is 2.29. The van der Waals surface area contributed by atoms with Gasteiger partial charge in [-0.15, -0.1) is 0 Å². The van der Waals surface area contributed by atoms with Crippen molar-refractivity contribution >= 4 is 23.4 Å². The number of nitrogen functional groups attached to an aromatic ring is 1. The summed E-state index contributed by atoms with van der Waals surface area (Å²) in [5, 5.41) is 2.49. The highest BCUT2D eigenvalue weighted by atomic mass is 16.2. The predicted octanol–water partition coefficient (Wildman–Crippen LogP) is 0.391. The first-order valence-corrected chi connectivity index (χ1v) is 6.01. The number of carbonyl (C=O) groups excluding carboxylic acids is 3. The Morgan fingerprint density at radius 1 is 1.32 bits per heavy atom. The lowest BCUT2D eigenvalue weighted by molar-refractivity contribution is -0.120. The molecule has 2 rings (SSSR count). The van der Waals surface area contributed by atoms with Gasteiger partial charge >= 0.3 is 0 Å². The standard InChI is InChI=1S/C13H15N3O3/c1-15-10(17)6-3-7-16-12(18)8-4-2-5-9(14)11(8)13(16)19/h2,4-5H,3,6-7,14H2,1H3,(H,15,17). The molecule has 0 bridgehead atoms. The maximum absolute atomic E-state index is 12.1. The minimum Gasteiger partial charge on any atom is -0.398 e. The average Bonchev–Trinajstić information content (AvgIpc) is 2.64. The smallest absolute Gasteiger partial charge is 0.263 e. The van der Waals surface area contributed by atoms with E-state index in [0.29, 0.717) is 17.7 Å². The van der Waals surface area contributed by atoms with Crippen LogP contribution >= 0.6 is 0 Å². The van der Waals surface area contributed by atoms with Crippen LogP contribution in [-0.2, 0) is 4.79 Å². The molecule has 100 valence electrons. The van der Waals surface area contributed by atoms with E-state index in [1.54, 1.807) is 25.2 Å². The van der Waals surface area contributed by atoms with Gasteiger partial charge in [0, 0.05) is 25.7 Å². The van der Waals surface area contributed by atoms with Crippen LogP contribution in [0.25, 0.3) is 0 Å². The van der Waals surface area contributed by atoms with Gasteiger partial charge in [0.2, 0.25) is 5.91 Å². The number of hydrogen-bond acceptors (Lipinski definition) is 4. The SMILES string of the molecule is CNC(=O)CCCN1C(=O)c2cccc(N)c2C1=O. The number of hydrogen-bond donors (Lipinski definition) is 2. The summed E-state index contributed by atoms with van der Waals surface area (Å²) in [6, 6.07) is 4.83. The Labute approximate surface area is 110 Å². The van der Waals surface area contributed by atoms with E-state index in [4.69, 9.17) is 5.73 Å². The van der Waals surface area contributed by atoms with Crippen LogP contribution < -0.4 is 11.1 Å². The summed E-state index contributed by atoms with van der Waals surface area (Å²) in [5.41, 5.74) is 6.64. The summed E-state index contributed by atoms with van der Waals surface area (Å²) < 4.78 is 0. The summed E-state index contributed by atoms with van der Waals surface area (Å²) in [5.74, 6) is -0.838. The summed E-state index contributed by atoms with van der Waals surface area (Å²) in [7, 11) is 1.55. The normalized spacial score (nSPS) is 13.6. The van der Waals surface area contributed by atoms with Crippen LogP contribution in [-0.4, -0.2) is 36.2 Å². The molecule has 0 saturated heterocycles. The van der Waals surface area contributed by atoms with E-state index in [2.05, 4.69) is 5.32 Å². The first kappa shape index (κ1) is 13.1. The summed E-state index contributed by atoms with van der Waals surface area (Å²) in [6.07, 6.45) is 0.713. The number of rotatable bonds is 4. The lowest BCUT2D eigenvalue weighted by Crippen LogP contribution is -2.31. The quantitative estimate of drug-likeness (QED) is 0.605. The van der Waals surface area contributed by atoms with Crippen LogP contribution in [0.15, 0.2) is 18.2 Å². The minimum absolute atomic E-state index is 0.115. The molecular formula is C13H15N3O3. The van der Waals surface area contributed by atoms with Crippen LogP contribution in [0.3, 0.4) is 0 Å². The lowest BCUT2D eigenvalue weighted by Gasteiger charge is -2.13. The van der Waals surface area contributed by atoms with Gasteiger partial charge in [-0.25, -0.2) is 0 Å². The fourth-order valence-corrected chi connectivity index (χ4v) is 2.09. The number of nitrogens with zero attached hydrogens (tertiary/aromatic N) is 1. The van der Waals surface area contributed by atoms with Crippen molar-refractivity contribution < 1.29 is 14.4 Å². The van der Waals surface area contributed by atoms with Crippen LogP contribution in [0.2, 0.25) is 0 Å². The van der Waals surface area contributed by atoms with Gasteiger partial charge in [0.25, 0.3) is 11.8 Å². The fraction of sp³-hybridized carbons (Fsp3) is 0.308. The van der Waals surface area contributed by atoms with Crippen molar-refractivity contribution in [3.63, 3.8) is 0 Å². The second kappa shape index (κ2) is 5.09. The van der Waals surface area contributed by atoms with Crippen molar-refractivity contribution in [1.29, 1.82) is 0 Å². The maximum atomic E-state index is 12.1. The van der Waals surface area contributed by atoms with Gasteiger partial charge in [0.05, 0.1) is 11.1 Å². The molecule has 1 aliphatic heterocycles. The van der Waals surface area contributed by atoms with Gasteiger partial charge in [0.1, 0.15) is 0 Å². The number of amides is 3. The molecule has 6 heteroatoms. The van der Waals surface area contributed by atoms with Crippen molar-refractivity contribution in [2.75, 3.05) is 19.3 Å². The number of fused-ring (bicyclic) bond motifs is 1. The zero-order chi connectivity index (χ0) is 14.0. The predicted molar refractivity (Wildman–Crippen MR) is 69.5 cm³/mol. The Bertz CT molecular complexity index is 554. The van der Waals surface area contributed by atoms with Gasteiger partial charge in [-0.2, -0.15) is 0 Å². The monoisotopic (exact) mass is 261 g/mol. The van der Waals surface area contributed by atoms with Gasteiger partial charge in [-0.3, -0.25) is 19.3 Å². The van der Waals surface area contributed by atoms with Gasteiger partial charge in [-0.05, 0) is 18.6 Å². The van der Waals surface area contributed by atoms with Crippen LogP contribution in [0, 0.1) is 0 Å². The largest absolute Gasteiger partial charge is 0.398 e. The number of carbonyl (C=O) groups is 3. The molecule has 0 unspecified atom stereocenters. The molecule has 6 nitrogen and oxygen atoms in total. The highest BCUT2D eigenvalue weighted by molar-refractivity contribution is 6.23. The second-order valence-corrected chi connectivity index (χ2v) is 4.31. The van der Waals surface area contributed by atoms with E-state index in [1.807, 2.05) is 0 Å². The number of nitrogens with two attached hydrogens (primary N) is 1. The number of nitrogens with one attached hydrogen (secondary N) is 1. The molecule has 1 aromatic rings. The van der Waals surface area contributed by atoms with Crippen molar-refractivity contribution in [3.8, 4) is 0 Å². The third-order valence-corrected chi connectivity index (χ3v) is 3.10. The summed E-state index contributed by atoms with van der Waals surface area (Å²) >= 11 is 0. The Balaban J connectivity index is 2.10. The molecule has 0 fully saturated rings. The van der Waals surface area contributed by atoms with Gasteiger partial charge in [-0.1, -0.05) is 6.07 Å². The number of anilines is 1. The van der Waals surface area contributed by atoms with E-state index >= 15 is 0 Å². The zero-order valence-electron chi connectivity index (χ0n) is 10.6. The maximum Gasteiger partial charge on any atom is 0.263 e. The number of benzene rings is 1. The molecule has 1 aromatic carbocycles. The summed E-state index contributed by atoms with van der Waals surface area (Å²) in [6.45, 7) is 0.221. The zero-order valence-corrected chi connectivity index (χ0v) is 10.6. The van der Waals surface area contributed by atoms with E-state index in [9.17, 15) is 14.4 Å². The topological polar surface area (TPSA) is 92.5 Å². The van der Waals surface area contributed by atoms with E-state index in [-0.39, 0.29) is 36.3 Å². The van der Waals surface area contributed by atoms with Crippen LogP contribution in [0.4, 0.5) is 5.69 Å². The molecule has 1 aliphatic rings. The van der Waals surface area contributed by atoms with Crippen molar-refractivity contribution in [1.82, 2.24) is 10.2 Å². The lowest BCUT2D eigenvalue weighted by atomic mass is 10.1. The Hall–Kier alpha value is -2.37. The molecule has 0 radical (unpaired) electrons. The highest BCUT2D eigenvalue weighted by Gasteiger charge is 2.36. The van der Waals surface area contributed by atoms with E-state index in [1.165, 1.54) is 0 Å². The first-order chi connectivity index (χ1) is 9.06. The molecule has 0 aromatic heterocycles. The Morgan fingerprint density at radius 3 is 2.68 bits per heavy atom. The molecule has 0 aliphatic carbocycles. The van der Waals surface area contributed by atoms with E-state index < -0.39 is 0 Å². The van der Waals surface area contributed by atoms with Crippen molar-refractivity contribution in [3.05, 3.63) is 29.3 Å². The molecule has 0 atom stereocenters. The molecule has 1 heterocycles. The molecule has 0 spiro atoms.